The molecule has 0 saturated heterocycles. The molecule has 0 amide bonds. The zero-order valence-corrected chi connectivity index (χ0v) is 12.9. The standard InChI is InChI=1S/C13H12ClNO2S2/c1-8-3-4-9(10(14)5-8)12-13(19-7-15-12)18-6-11(16)17-2/h3-5,7H,6H2,1-2H3. The van der Waals surface area contributed by atoms with Crippen molar-refractivity contribution in [3.63, 3.8) is 0 Å². The van der Waals surface area contributed by atoms with Gasteiger partial charge in [-0.05, 0) is 18.6 Å². The van der Waals surface area contributed by atoms with E-state index in [1.807, 2.05) is 25.1 Å². The number of aromatic nitrogens is 1. The first kappa shape index (κ1) is 14.4. The average molecular weight is 314 g/mol. The third kappa shape index (κ3) is 3.49. The molecule has 0 aliphatic heterocycles. The summed E-state index contributed by atoms with van der Waals surface area (Å²) in [5.74, 6) is 0.0224. The highest BCUT2D eigenvalue weighted by molar-refractivity contribution is 8.01. The second-order valence-corrected chi connectivity index (χ2v) is 6.34. The van der Waals surface area contributed by atoms with Crippen LogP contribution in [-0.4, -0.2) is 23.8 Å². The predicted molar refractivity (Wildman–Crippen MR) is 80.0 cm³/mol. The number of carbonyl (C=O) groups is 1. The van der Waals surface area contributed by atoms with Crippen LogP contribution in [0.4, 0.5) is 0 Å². The Bertz CT molecular complexity index is 598. The first-order valence-electron chi connectivity index (χ1n) is 5.51. The zero-order chi connectivity index (χ0) is 13.8. The highest BCUT2D eigenvalue weighted by atomic mass is 35.5. The number of carbonyl (C=O) groups excluding carboxylic acids is 1. The van der Waals surface area contributed by atoms with Crippen LogP contribution in [0.1, 0.15) is 5.56 Å². The van der Waals surface area contributed by atoms with Gasteiger partial charge in [0.15, 0.2) is 0 Å². The number of rotatable bonds is 4. The monoisotopic (exact) mass is 313 g/mol. The normalized spacial score (nSPS) is 10.5. The van der Waals surface area contributed by atoms with E-state index in [0.717, 1.165) is 21.0 Å². The van der Waals surface area contributed by atoms with Crippen molar-refractivity contribution in [2.45, 2.75) is 11.1 Å². The van der Waals surface area contributed by atoms with Crippen LogP contribution in [0.15, 0.2) is 27.9 Å². The van der Waals surface area contributed by atoms with Gasteiger partial charge in [0, 0.05) is 5.56 Å². The average Bonchev–Trinajstić information content (AvgIpc) is 2.84. The molecule has 0 radical (unpaired) electrons. The summed E-state index contributed by atoms with van der Waals surface area (Å²) < 4.78 is 5.60. The van der Waals surface area contributed by atoms with Gasteiger partial charge in [0.25, 0.3) is 0 Å². The van der Waals surface area contributed by atoms with Crippen molar-refractivity contribution in [2.24, 2.45) is 0 Å². The number of halogens is 1. The number of thiazole rings is 1. The van der Waals surface area contributed by atoms with Crippen molar-refractivity contribution < 1.29 is 9.53 Å². The minimum absolute atomic E-state index is 0.251. The van der Waals surface area contributed by atoms with E-state index in [2.05, 4.69) is 9.72 Å². The number of esters is 1. The Kier molecular flexibility index (Phi) is 4.85. The molecule has 1 heterocycles. The molecule has 0 unspecified atom stereocenters. The molecule has 1 aromatic heterocycles. The number of methoxy groups -OCH3 is 1. The molecule has 6 heteroatoms. The molecule has 0 aliphatic rings. The van der Waals surface area contributed by atoms with Gasteiger partial charge in [-0.15, -0.1) is 23.1 Å². The molecular formula is C13H12ClNO2S2. The van der Waals surface area contributed by atoms with Crippen molar-refractivity contribution in [3.05, 3.63) is 34.3 Å². The Morgan fingerprint density at radius 2 is 2.32 bits per heavy atom. The van der Waals surface area contributed by atoms with E-state index in [1.54, 1.807) is 5.51 Å². The van der Waals surface area contributed by atoms with E-state index in [1.165, 1.54) is 30.2 Å². The first-order valence-corrected chi connectivity index (χ1v) is 7.75. The van der Waals surface area contributed by atoms with Gasteiger partial charge in [0.05, 0.1) is 33.3 Å². The lowest BCUT2D eigenvalue weighted by atomic mass is 10.1. The number of aryl methyl sites for hydroxylation is 1. The number of nitrogens with zero attached hydrogens (tertiary/aromatic N) is 1. The smallest absolute Gasteiger partial charge is 0.316 e. The van der Waals surface area contributed by atoms with Gasteiger partial charge in [-0.1, -0.05) is 23.7 Å². The molecule has 2 rings (SSSR count). The third-order valence-electron chi connectivity index (χ3n) is 2.46. The van der Waals surface area contributed by atoms with Crippen LogP contribution in [0, 0.1) is 6.92 Å². The first-order chi connectivity index (χ1) is 9.11. The maximum absolute atomic E-state index is 11.2. The maximum atomic E-state index is 11.2. The molecule has 0 bridgehead atoms. The molecule has 1 aromatic carbocycles. The van der Waals surface area contributed by atoms with Crippen LogP contribution in [0.25, 0.3) is 11.3 Å². The van der Waals surface area contributed by atoms with E-state index >= 15 is 0 Å². The summed E-state index contributed by atoms with van der Waals surface area (Å²) >= 11 is 9.16. The van der Waals surface area contributed by atoms with Crippen LogP contribution < -0.4 is 0 Å². The molecule has 3 nitrogen and oxygen atoms in total. The number of benzene rings is 1. The van der Waals surface area contributed by atoms with Gasteiger partial charge in [0.2, 0.25) is 0 Å². The van der Waals surface area contributed by atoms with Gasteiger partial charge in [0.1, 0.15) is 0 Å². The van der Waals surface area contributed by atoms with Crippen LogP contribution >= 0.6 is 34.7 Å². The minimum atomic E-state index is -0.251. The van der Waals surface area contributed by atoms with Crippen molar-refractivity contribution in [3.8, 4) is 11.3 Å². The van der Waals surface area contributed by atoms with Gasteiger partial charge in [-0.25, -0.2) is 4.98 Å². The zero-order valence-electron chi connectivity index (χ0n) is 10.5. The highest BCUT2D eigenvalue weighted by Gasteiger charge is 2.14. The van der Waals surface area contributed by atoms with Crippen molar-refractivity contribution >= 4 is 40.7 Å². The number of ether oxygens (including phenoxy) is 1. The second-order valence-electron chi connectivity index (χ2n) is 3.84. The Morgan fingerprint density at radius 3 is 3.00 bits per heavy atom. The summed E-state index contributed by atoms with van der Waals surface area (Å²) in [6.45, 7) is 1.99. The fourth-order valence-electron chi connectivity index (χ4n) is 1.51. The van der Waals surface area contributed by atoms with E-state index in [0.29, 0.717) is 5.02 Å². The van der Waals surface area contributed by atoms with Gasteiger partial charge >= 0.3 is 5.97 Å². The molecule has 19 heavy (non-hydrogen) atoms. The van der Waals surface area contributed by atoms with Gasteiger partial charge < -0.3 is 4.74 Å². The number of hydrogen-bond donors (Lipinski definition) is 0. The van der Waals surface area contributed by atoms with Gasteiger partial charge in [-0.3, -0.25) is 4.79 Å². The molecule has 0 saturated carbocycles. The molecule has 2 aromatic rings. The summed E-state index contributed by atoms with van der Waals surface area (Å²) in [5, 5.41) is 0.672. The topological polar surface area (TPSA) is 39.2 Å². The lowest BCUT2D eigenvalue weighted by Gasteiger charge is -2.05. The molecule has 0 spiro atoms. The van der Waals surface area contributed by atoms with Crippen LogP contribution in [-0.2, 0) is 9.53 Å². The molecule has 0 atom stereocenters. The molecule has 0 fully saturated rings. The van der Waals surface area contributed by atoms with E-state index in [9.17, 15) is 4.79 Å². The second kappa shape index (κ2) is 6.41. The Morgan fingerprint density at radius 1 is 1.53 bits per heavy atom. The van der Waals surface area contributed by atoms with Crippen LogP contribution in [0.3, 0.4) is 0 Å². The number of thioether (sulfide) groups is 1. The Labute approximate surface area is 125 Å². The number of hydrogen-bond acceptors (Lipinski definition) is 5. The van der Waals surface area contributed by atoms with Crippen molar-refractivity contribution in [1.82, 2.24) is 4.98 Å². The van der Waals surface area contributed by atoms with Crippen molar-refractivity contribution in [2.75, 3.05) is 12.9 Å². The SMILES string of the molecule is COC(=O)CSc1scnc1-c1ccc(C)cc1Cl. The summed E-state index contributed by atoms with van der Waals surface area (Å²) in [5.41, 5.74) is 4.57. The maximum Gasteiger partial charge on any atom is 0.316 e. The molecule has 0 aliphatic carbocycles. The predicted octanol–water partition coefficient (Wildman–Crippen LogP) is 4.04. The van der Waals surface area contributed by atoms with Crippen LogP contribution in [0.2, 0.25) is 5.02 Å². The molecule has 0 N–H and O–H groups in total. The van der Waals surface area contributed by atoms with Gasteiger partial charge in [-0.2, -0.15) is 0 Å². The summed E-state index contributed by atoms with van der Waals surface area (Å²) in [6.07, 6.45) is 0. The Hall–Kier alpha value is -1.04. The fraction of sp³-hybridized carbons (Fsp3) is 0.231. The van der Waals surface area contributed by atoms with E-state index < -0.39 is 0 Å². The third-order valence-corrected chi connectivity index (χ3v) is 4.87. The fourth-order valence-corrected chi connectivity index (χ4v) is 3.61. The minimum Gasteiger partial charge on any atom is -0.468 e. The van der Waals surface area contributed by atoms with E-state index in [4.69, 9.17) is 11.6 Å². The molecule has 100 valence electrons. The quantitative estimate of drug-likeness (QED) is 0.631. The van der Waals surface area contributed by atoms with Crippen molar-refractivity contribution in [1.29, 1.82) is 0 Å². The summed E-state index contributed by atoms with van der Waals surface area (Å²) in [7, 11) is 1.38. The van der Waals surface area contributed by atoms with E-state index in [-0.39, 0.29) is 11.7 Å². The Balaban J connectivity index is 2.26. The largest absolute Gasteiger partial charge is 0.468 e. The summed E-state index contributed by atoms with van der Waals surface area (Å²) in [6, 6.07) is 5.86. The van der Waals surface area contributed by atoms with Crippen LogP contribution in [0.5, 0.6) is 0 Å². The lowest BCUT2D eigenvalue weighted by Crippen LogP contribution is -2.02. The molecular weight excluding hydrogens is 302 g/mol. The highest BCUT2D eigenvalue weighted by Crippen LogP contribution is 2.37. The lowest BCUT2D eigenvalue weighted by molar-refractivity contribution is -0.137. The summed E-state index contributed by atoms with van der Waals surface area (Å²) in [4.78, 5) is 15.5.